The third-order valence-corrected chi connectivity index (χ3v) is 4.04. The van der Waals surface area contributed by atoms with Crippen LogP contribution in [0.15, 0.2) is 12.1 Å². The van der Waals surface area contributed by atoms with Crippen molar-refractivity contribution in [2.75, 3.05) is 44.3 Å². The zero-order valence-corrected chi connectivity index (χ0v) is 16.0. The molecule has 1 rings (SSSR count). The largest absolute Gasteiger partial charge is 0.395 e. The molecule has 0 heterocycles. The van der Waals surface area contributed by atoms with Crippen molar-refractivity contribution in [3.05, 3.63) is 37.9 Å². The summed E-state index contributed by atoms with van der Waals surface area (Å²) in [6, 6.07) is 2.04. The summed E-state index contributed by atoms with van der Waals surface area (Å²) in [4.78, 5) is 37.2. The smallest absolute Gasteiger partial charge is 0.300 e. The van der Waals surface area contributed by atoms with Crippen LogP contribution < -0.4 is 4.90 Å². The molecule has 0 radical (unpaired) electrons. The van der Waals surface area contributed by atoms with Crippen molar-refractivity contribution in [3.8, 4) is 0 Å². The number of aliphatic hydroxyl groups is 2. The molecule has 0 saturated carbocycles. The van der Waals surface area contributed by atoms with E-state index in [9.17, 15) is 25.0 Å². The van der Waals surface area contributed by atoms with Crippen LogP contribution in [0.1, 0.15) is 37.0 Å². The van der Waals surface area contributed by atoms with Gasteiger partial charge in [-0.2, -0.15) is 0 Å². The zero-order valence-electron chi connectivity index (χ0n) is 16.0. The summed E-state index contributed by atoms with van der Waals surface area (Å²) in [5.74, 6) is -0.738. The van der Waals surface area contributed by atoms with Crippen molar-refractivity contribution in [1.82, 2.24) is 4.90 Å². The van der Waals surface area contributed by atoms with Crippen LogP contribution in [0.25, 0.3) is 0 Å². The van der Waals surface area contributed by atoms with Gasteiger partial charge in [0, 0.05) is 38.3 Å². The molecule has 0 unspecified atom stereocenters. The van der Waals surface area contributed by atoms with Gasteiger partial charge in [0.2, 0.25) is 0 Å². The summed E-state index contributed by atoms with van der Waals surface area (Å²) >= 11 is 0. The maximum atomic E-state index is 12.7. The second-order valence-corrected chi connectivity index (χ2v) is 6.10. The minimum atomic E-state index is -0.738. The molecule has 1 amide bonds. The highest BCUT2D eigenvalue weighted by molar-refractivity contribution is 5.97. The standard InChI is InChI=1S/C17H26N4O7/c1-3-5-18(6-4-2)16-14(20(25)26)11-13(12-15(16)21(27)28)17(24)19(7-9-22)8-10-23/h11-12,22-23H,3-10H2,1-2H3. The number of nitrogens with zero attached hydrogens (tertiary/aromatic N) is 4. The van der Waals surface area contributed by atoms with Crippen LogP contribution >= 0.6 is 0 Å². The van der Waals surface area contributed by atoms with E-state index in [1.807, 2.05) is 13.8 Å². The zero-order chi connectivity index (χ0) is 21.3. The normalized spacial score (nSPS) is 10.6. The lowest BCUT2D eigenvalue weighted by Crippen LogP contribution is -2.36. The third kappa shape index (κ3) is 5.60. The minimum Gasteiger partial charge on any atom is -0.395 e. The van der Waals surface area contributed by atoms with Crippen molar-refractivity contribution >= 4 is 23.0 Å². The van der Waals surface area contributed by atoms with Gasteiger partial charge in [-0.3, -0.25) is 25.0 Å². The lowest BCUT2D eigenvalue weighted by molar-refractivity contribution is -0.392. The Morgan fingerprint density at radius 3 is 1.68 bits per heavy atom. The Balaban J connectivity index is 3.62. The maximum absolute atomic E-state index is 12.7. The molecule has 11 heteroatoms. The summed E-state index contributed by atoms with van der Waals surface area (Å²) in [5.41, 5.74) is -1.40. The average molecular weight is 398 g/mol. The third-order valence-electron chi connectivity index (χ3n) is 4.04. The highest BCUT2D eigenvalue weighted by Crippen LogP contribution is 2.39. The fourth-order valence-electron chi connectivity index (χ4n) is 2.94. The molecule has 0 saturated heterocycles. The molecule has 28 heavy (non-hydrogen) atoms. The lowest BCUT2D eigenvalue weighted by atomic mass is 10.1. The summed E-state index contributed by atoms with van der Waals surface area (Å²) in [5, 5.41) is 41.5. The van der Waals surface area contributed by atoms with Crippen LogP contribution in [-0.4, -0.2) is 70.3 Å². The van der Waals surface area contributed by atoms with E-state index < -0.39 is 27.1 Å². The first-order valence-electron chi connectivity index (χ1n) is 9.05. The molecule has 156 valence electrons. The topological polar surface area (TPSA) is 150 Å². The minimum absolute atomic E-state index is 0.111. The van der Waals surface area contributed by atoms with Gasteiger partial charge in [-0.25, -0.2) is 0 Å². The molecule has 0 aromatic heterocycles. The number of anilines is 1. The Bertz CT molecular complexity index is 664. The van der Waals surface area contributed by atoms with Gasteiger partial charge in [0.1, 0.15) is 0 Å². The molecule has 0 spiro atoms. The van der Waals surface area contributed by atoms with Crippen molar-refractivity contribution in [2.24, 2.45) is 0 Å². The summed E-state index contributed by atoms with van der Waals surface area (Å²) < 4.78 is 0. The Hall–Kier alpha value is -2.79. The fraction of sp³-hybridized carbons (Fsp3) is 0.588. The quantitative estimate of drug-likeness (QED) is 0.398. The number of amides is 1. The Kier molecular flexibility index (Phi) is 9.25. The first-order chi connectivity index (χ1) is 13.3. The molecular formula is C17H26N4O7. The van der Waals surface area contributed by atoms with Gasteiger partial charge >= 0.3 is 0 Å². The molecule has 0 bridgehead atoms. The van der Waals surface area contributed by atoms with Crippen LogP contribution in [0.5, 0.6) is 0 Å². The van der Waals surface area contributed by atoms with Crippen LogP contribution in [0.3, 0.4) is 0 Å². The molecule has 11 nitrogen and oxygen atoms in total. The van der Waals surface area contributed by atoms with Crippen molar-refractivity contribution < 1.29 is 24.9 Å². The molecular weight excluding hydrogens is 372 g/mol. The van der Waals surface area contributed by atoms with Gasteiger partial charge in [0.05, 0.1) is 28.6 Å². The number of carbonyl (C=O) groups is 1. The van der Waals surface area contributed by atoms with Gasteiger partial charge in [-0.15, -0.1) is 0 Å². The average Bonchev–Trinajstić information content (AvgIpc) is 2.66. The molecule has 0 atom stereocenters. The SMILES string of the molecule is CCCN(CCC)c1c([N+](=O)[O-])cc(C(=O)N(CCO)CCO)cc1[N+](=O)[O-]. The van der Waals surface area contributed by atoms with Crippen LogP contribution in [0.4, 0.5) is 17.1 Å². The maximum Gasteiger partial charge on any atom is 0.300 e. The van der Waals surface area contributed by atoms with E-state index in [2.05, 4.69) is 0 Å². The second kappa shape index (κ2) is 11.1. The molecule has 0 aliphatic carbocycles. The van der Waals surface area contributed by atoms with E-state index in [4.69, 9.17) is 10.2 Å². The Morgan fingerprint density at radius 1 is 0.929 bits per heavy atom. The van der Waals surface area contributed by atoms with E-state index in [1.165, 1.54) is 0 Å². The Labute approximate surface area is 162 Å². The fourth-order valence-corrected chi connectivity index (χ4v) is 2.94. The van der Waals surface area contributed by atoms with Crippen molar-refractivity contribution in [2.45, 2.75) is 26.7 Å². The first-order valence-corrected chi connectivity index (χ1v) is 9.05. The molecule has 1 aromatic carbocycles. The van der Waals surface area contributed by atoms with E-state index >= 15 is 0 Å². The van der Waals surface area contributed by atoms with E-state index in [0.717, 1.165) is 17.0 Å². The predicted molar refractivity (Wildman–Crippen MR) is 103 cm³/mol. The molecule has 0 fully saturated rings. The number of hydrogen-bond acceptors (Lipinski definition) is 8. The van der Waals surface area contributed by atoms with E-state index in [-0.39, 0.29) is 37.6 Å². The first kappa shape index (κ1) is 23.2. The van der Waals surface area contributed by atoms with Gasteiger partial charge in [-0.1, -0.05) is 13.8 Å². The van der Waals surface area contributed by atoms with E-state index in [0.29, 0.717) is 25.9 Å². The number of rotatable bonds is 12. The van der Waals surface area contributed by atoms with Crippen LogP contribution in [0, 0.1) is 20.2 Å². The van der Waals surface area contributed by atoms with Gasteiger partial charge < -0.3 is 20.0 Å². The van der Waals surface area contributed by atoms with Gasteiger partial charge in [0.15, 0.2) is 5.69 Å². The highest BCUT2D eigenvalue weighted by atomic mass is 16.6. The predicted octanol–water partition coefficient (Wildman–Crippen LogP) is 1.56. The number of carbonyl (C=O) groups excluding carboxylic acids is 1. The van der Waals surface area contributed by atoms with Gasteiger partial charge in [0.25, 0.3) is 17.3 Å². The number of benzene rings is 1. The van der Waals surface area contributed by atoms with E-state index in [1.54, 1.807) is 4.90 Å². The van der Waals surface area contributed by atoms with Crippen LogP contribution in [0.2, 0.25) is 0 Å². The monoisotopic (exact) mass is 398 g/mol. The summed E-state index contributed by atoms with van der Waals surface area (Å²) in [6.45, 7) is 3.53. The number of aliphatic hydroxyl groups excluding tert-OH is 2. The highest BCUT2D eigenvalue weighted by Gasteiger charge is 2.32. The van der Waals surface area contributed by atoms with Crippen molar-refractivity contribution in [1.29, 1.82) is 0 Å². The number of hydrogen-bond donors (Lipinski definition) is 2. The molecule has 1 aromatic rings. The van der Waals surface area contributed by atoms with Crippen LogP contribution in [-0.2, 0) is 0 Å². The molecule has 0 aliphatic heterocycles. The summed E-state index contributed by atoms with van der Waals surface area (Å²) in [7, 11) is 0. The lowest BCUT2D eigenvalue weighted by Gasteiger charge is -2.24. The van der Waals surface area contributed by atoms with Gasteiger partial charge in [-0.05, 0) is 12.8 Å². The Morgan fingerprint density at radius 2 is 1.36 bits per heavy atom. The second-order valence-electron chi connectivity index (χ2n) is 6.10. The number of nitro groups is 2. The summed E-state index contributed by atoms with van der Waals surface area (Å²) in [6.07, 6.45) is 1.27. The number of nitro benzene ring substituents is 2. The molecule has 2 N–H and O–H groups in total. The molecule has 0 aliphatic rings. The van der Waals surface area contributed by atoms with Crippen molar-refractivity contribution in [3.63, 3.8) is 0 Å².